The van der Waals surface area contributed by atoms with Gasteiger partial charge in [-0.3, -0.25) is 0 Å². The number of aliphatic hydroxyl groups excluding tert-OH is 1. The fourth-order valence-electron chi connectivity index (χ4n) is 2.49. The Bertz CT molecular complexity index is 353. The second-order valence-electron chi connectivity index (χ2n) is 8.25. The summed E-state index contributed by atoms with van der Waals surface area (Å²) in [6.07, 6.45) is 0.318. The van der Waals surface area contributed by atoms with Crippen molar-refractivity contribution in [1.29, 1.82) is 0 Å². The molecule has 0 aliphatic carbocycles. The van der Waals surface area contributed by atoms with Gasteiger partial charge in [-0.2, -0.15) is 0 Å². The molecule has 1 aliphatic rings. The lowest BCUT2D eigenvalue weighted by Crippen LogP contribution is -2.47. The van der Waals surface area contributed by atoms with Crippen LogP contribution < -0.4 is 0 Å². The van der Waals surface area contributed by atoms with Gasteiger partial charge in [-0.25, -0.2) is 0 Å². The first-order valence-electron chi connectivity index (χ1n) is 8.34. The molecule has 1 heterocycles. The maximum Gasteiger partial charge on any atom is 0.146 e. The molecule has 0 aromatic rings. The Morgan fingerprint density at radius 3 is 2.13 bits per heavy atom. The smallest absolute Gasteiger partial charge is 0.146 e. The van der Waals surface area contributed by atoms with Crippen LogP contribution in [0.3, 0.4) is 0 Å². The van der Waals surface area contributed by atoms with E-state index in [1.165, 1.54) is 6.92 Å². The Balaban J connectivity index is 2.28. The number of rotatable bonds is 10. The van der Waals surface area contributed by atoms with Gasteiger partial charge in [-0.1, -0.05) is 19.6 Å². The first-order valence-corrected chi connectivity index (χ1v) is 12.1. The number of aliphatic hydroxyl groups is 3. The fraction of sp³-hybridized carbons (Fsp3) is 1.00. The van der Waals surface area contributed by atoms with E-state index in [1.54, 1.807) is 6.92 Å². The van der Waals surface area contributed by atoms with Crippen LogP contribution >= 0.6 is 0 Å². The van der Waals surface area contributed by atoms with E-state index in [1.807, 2.05) is 0 Å². The van der Waals surface area contributed by atoms with Gasteiger partial charge in [0.15, 0.2) is 0 Å². The van der Waals surface area contributed by atoms with Gasteiger partial charge in [0.1, 0.15) is 18.0 Å². The molecular weight excluding hydrogens is 316 g/mol. The van der Waals surface area contributed by atoms with Crippen LogP contribution in [-0.4, -0.2) is 73.4 Å². The third-order valence-corrected chi connectivity index (χ3v) is 5.99. The zero-order chi connectivity index (χ0) is 17.7. The molecule has 0 spiro atoms. The van der Waals surface area contributed by atoms with Crippen LogP contribution in [0.2, 0.25) is 25.7 Å². The lowest BCUT2D eigenvalue weighted by Gasteiger charge is -2.32. The van der Waals surface area contributed by atoms with E-state index < -0.39 is 31.5 Å². The summed E-state index contributed by atoms with van der Waals surface area (Å²) in [7, 11) is -1.10. The van der Waals surface area contributed by atoms with Crippen molar-refractivity contribution in [3.63, 3.8) is 0 Å². The summed E-state index contributed by atoms with van der Waals surface area (Å²) in [6, 6.07) is 1.08. The minimum absolute atomic E-state index is 0.110. The molecule has 0 amide bonds. The second kappa shape index (κ2) is 8.38. The molecule has 0 radical (unpaired) electrons. The zero-order valence-corrected chi connectivity index (χ0v) is 16.2. The van der Waals surface area contributed by atoms with Crippen molar-refractivity contribution in [3.05, 3.63) is 0 Å². The Morgan fingerprint density at radius 1 is 1.04 bits per heavy atom. The third kappa shape index (κ3) is 7.17. The Labute approximate surface area is 140 Å². The Hall–Kier alpha value is -0.0231. The molecule has 3 N–H and O–H groups in total. The Morgan fingerprint density at radius 2 is 1.61 bits per heavy atom. The van der Waals surface area contributed by atoms with Crippen molar-refractivity contribution in [2.75, 3.05) is 26.6 Å². The van der Waals surface area contributed by atoms with E-state index in [0.717, 1.165) is 6.04 Å². The van der Waals surface area contributed by atoms with Crippen LogP contribution in [0.4, 0.5) is 0 Å². The van der Waals surface area contributed by atoms with Gasteiger partial charge >= 0.3 is 0 Å². The molecular formula is C16H34O6Si. The van der Waals surface area contributed by atoms with Gasteiger partial charge in [0.2, 0.25) is 0 Å². The average Bonchev–Trinajstić information content (AvgIpc) is 2.93. The molecule has 0 unspecified atom stereocenters. The van der Waals surface area contributed by atoms with Gasteiger partial charge in [0.05, 0.1) is 25.4 Å². The predicted octanol–water partition coefficient (Wildman–Crippen LogP) is 1.36. The molecule has 138 valence electrons. The van der Waals surface area contributed by atoms with Crippen LogP contribution in [0.1, 0.15) is 26.7 Å². The van der Waals surface area contributed by atoms with Gasteiger partial charge in [-0.15, -0.1) is 0 Å². The maximum absolute atomic E-state index is 10.5. The van der Waals surface area contributed by atoms with Crippen LogP contribution in [0.15, 0.2) is 0 Å². The molecule has 23 heavy (non-hydrogen) atoms. The van der Waals surface area contributed by atoms with E-state index in [-0.39, 0.29) is 20.0 Å². The molecule has 1 aliphatic heterocycles. The third-order valence-electron chi connectivity index (χ3n) is 4.28. The highest BCUT2D eigenvalue weighted by Crippen LogP contribution is 2.33. The monoisotopic (exact) mass is 350 g/mol. The summed E-state index contributed by atoms with van der Waals surface area (Å²) in [4.78, 5) is 0. The molecule has 0 bridgehead atoms. The van der Waals surface area contributed by atoms with Crippen molar-refractivity contribution in [2.45, 2.75) is 75.8 Å². The second-order valence-corrected chi connectivity index (χ2v) is 13.9. The zero-order valence-electron chi connectivity index (χ0n) is 15.2. The normalized spacial score (nSPS) is 27.7. The van der Waals surface area contributed by atoms with Crippen molar-refractivity contribution in [3.8, 4) is 0 Å². The Kier molecular flexibility index (Phi) is 7.66. The number of hydrogen-bond donors (Lipinski definition) is 3. The topological polar surface area (TPSA) is 88.4 Å². The molecule has 0 saturated carbocycles. The summed E-state index contributed by atoms with van der Waals surface area (Å²) < 4.78 is 16.6. The van der Waals surface area contributed by atoms with Crippen molar-refractivity contribution >= 4 is 8.07 Å². The van der Waals surface area contributed by atoms with E-state index in [0.29, 0.717) is 19.4 Å². The quantitative estimate of drug-likeness (QED) is 0.313. The van der Waals surface area contributed by atoms with Crippen molar-refractivity contribution < 1.29 is 29.5 Å². The van der Waals surface area contributed by atoms with Crippen LogP contribution in [0, 0.1) is 0 Å². The molecule has 1 saturated heterocycles. The van der Waals surface area contributed by atoms with E-state index >= 15 is 0 Å². The first-order chi connectivity index (χ1) is 10.5. The van der Waals surface area contributed by atoms with Gasteiger partial charge in [0.25, 0.3) is 0 Å². The molecule has 6 nitrogen and oxygen atoms in total. The van der Waals surface area contributed by atoms with Crippen molar-refractivity contribution in [1.82, 2.24) is 0 Å². The summed E-state index contributed by atoms with van der Waals surface area (Å²) in [5, 5.41) is 29.7. The fourth-order valence-corrected chi connectivity index (χ4v) is 3.25. The largest absolute Gasteiger partial charge is 0.393 e. The molecule has 0 aromatic carbocycles. The lowest BCUT2D eigenvalue weighted by atomic mass is 9.95. The summed E-state index contributed by atoms with van der Waals surface area (Å²) in [5.74, 6) is 0. The minimum Gasteiger partial charge on any atom is -0.393 e. The van der Waals surface area contributed by atoms with Crippen molar-refractivity contribution in [2.24, 2.45) is 0 Å². The van der Waals surface area contributed by atoms with E-state index in [2.05, 4.69) is 19.6 Å². The summed E-state index contributed by atoms with van der Waals surface area (Å²) in [5.41, 5.74) is -2.44. The van der Waals surface area contributed by atoms with E-state index in [4.69, 9.17) is 14.2 Å². The van der Waals surface area contributed by atoms with Crippen LogP contribution in [0.5, 0.6) is 0 Å². The lowest BCUT2D eigenvalue weighted by molar-refractivity contribution is -0.179. The SMILES string of the molecule is C[C@@](O)(CO)[C@@H]1CC[C@@H]([C@](C)(O)COCOCC[Si](C)(C)C)O1. The maximum atomic E-state index is 10.5. The van der Waals surface area contributed by atoms with Crippen LogP contribution in [0.25, 0.3) is 0 Å². The predicted molar refractivity (Wildman–Crippen MR) is 91.2 cm³/mol. The standard InChI is InChI=1S/C16H34O6Si/c1-15(18,10-17)13-6-7-14(22-13)16(2,19)11-21-12-20-8-9-23(3,4)5/h13-14,17-19H,6-12H2,1-5H3/t13-,14-,15+,16+/m0/s1. The highest BCUT2D eigenvalue weighted by molar-refractivity contribution is 6.76. The molecule has 1 rings (SSSR count). The molecule has 4 atom stereocenters. The van der Waals surface area contributed by atoms with Gasteiger partial charge in [0, 0.05) is 14.7 Å². The average molecular weight is 351 g/mol. The van der Waals surface area contributed by atoms with Gasteiger partial charge < -0.3 is 29.5 Å². The highest BCUT2D eigenvalue weighted by atomic mass is 28.3. The first kappa shape index (κ1) is 21.0. The molecule has 1 fully saturated rings. The highest BCUT2D eigenvalue weighted by Gasteiger charge is 2.45. The number of ether oxygens (including phenoxy) is 3. The van der Waals surface area contributed by atoms with Crippen LogP contribution in [-0.2, 0) is 14.2 Å². The van der Waals surface area contributed by atoms with E-state index in [9.17, 15) is 15.3 Å². The summed E-state index contributed by atoms with van der Waals surface area (Å²) in [6.45, 7) is 10.6. The summed E-state index contributed by atoms with van der Waals surface area (Å²) >= 11 is 0. The molecule has 7 heteroatoms. The minimum atomic E-state index is -1.29. The molecule has 0 aromatic heterocycles. The number of hydrogen-bond acceptors (Lipinski definition) is 6. The van der Waals surface area contributed by atoms with Gasteiger partial charge in [-0.05, 0) is 32.7 Å².